The summed E-state index contributed by atoms with van der Waals surface area (Å²) in [7, 11) is 0. The smallest absolute Gasteiger partial charge is 0.161 e. The second-order valence-corrected chi connectivity index (χ2v) is 7.68. The molecule has 1 saturated carbocycles. The molecule has 2 aliphatic rings. The van der Waals surface area contributed by atoms with Gasteiger partial charge in [-0.15, -0.1) is 11.3 Å². The van der Waals surface area contributed by atoms with Crippen molar-refractivity contribution in [1.29, 1.82) is 0 Å². The molecule has 2 aromatic rings. The highest BCUT2D eigenvalue weighted by Gasteiger charge is 2.35. The fraction of sp³-hybridized carbons (Fsp3) is 0.526. The van der Waals surface area contributed by atoms with Gasteiger partial charge in [0.05, 0.1) is 19.3 Å². The average molecular weight is 344 g/mol. The molecule has 0 spiro atoms. The van der Waals surface area contributed by atoms with Gasteiger partial charge in [0, 0.05) is 23.5 Å². The van der Waals surface area contributed by atoms with Gasteiger partial charge in [0.15, 0.2) is 11.5 Å². The van der Waals surface area contributed by atoms with Crippen molar-refractivity contribution in [3.8, 4) is 11.5 Å². The fourth-order valence-electron chi connectivity index (χ4n) is 3.17. The summed E-state index contributed by atoms with van der Waals surface area (Å²) in [5.74, 6) is 2.45. The van der Waals surface area contributed by atoms with Gasteiger partial charge < -0.3 is 14.8 Å². The molecule has 1 aliphatic heterocycles. The maximum Gasteiger partial charge on any atom is 0.161 e. The minimum absolute atomic E-state index is 0.247. The van der Waals surface area contributed by atoms with E-state index < -0.39 is 0 Å². The van der Waals surface area contributed by atoms with Crippen molar-refractivity contribution in [3.63, 3.8) is 0 Å². The minimum Gasteiger partial charge on any atom is -0.490 e. The zero-order chi connectivity index (χ0) is 16.5. The van der Waals surface area contributed by atoms with Gasteiger partial charge in [-0.25, -0.2) is 4.98 Å². The number of nitrogens with zero attached hydrogens (tertiary/aromatic N) is 1. The Morgan fingerprint density at radius 2 is 2.00 bits per heavy atom. The van der Waals surface area contributed by atoms with E-state index in [4.69, 9.17) is 14.5 Å². The molecule has 0 unspecified atom stereocenters. The number of rotatable bonds is 5. The Hall–Kier alpha value is -1.59. The van der Waals surface area contributed by atoms with Gasteiger partial charge in [-0.3, -0.25) is 0 Å². The maximum atomic E-state index is 5.83. The van der Waals surface area contributed by atoms with Crippen molar-refractivity contribution < 1.29 is 9.47 Å². The van der Waals surface area contributed by atoms with E-state index in [-0.39, 0.29) is 6.04 Å². The van der Waals surface area contributed by atoms with Crippen LogP contribution in [0.1, 0.15) is 54.5 Å². The Kier molecular flexibility index (Phi) is 4.46. The number of hydrogen-bond acceptors (Lipinski definition) is 5. The van der Waals surface area contributed by atoms with Crippen LogP contribution in [-0.2, 0) is 0 Å². The van der Waals surface area contributed by atoms with Gasteiger partial charge in [-0.1, -0.05) is 6.07 Å². The fourth-order valence-corrected chi connectivity index (χ4v) is 4.12. The molecule has 1 aliphatic carbocycles. The lowest BCUT2D eigenvalue weighted by Gasteiger charge is -2.22. The predicted octanol–water partition coefficient (Wildman–Crippen LogP) is 4.41. The normalized spacial score (nSPS) is 19.6. The molecule has 5 heteroatoms. The Morgan fingerprint density at radius 1 is 1.21 bits per heavy atom. The lowest BCUT2D eigenvalue weighted by Crippen LogP contribution is -2.26. The van der Waals surface area contributed by atoms with E-state index in [2.05, 4.69) is 36.7 Å². The van der Waals surface area contributed by atoms with Crippen LogP contribution in [0.25, 0.3) is 0 Å². The van der Waals surface area contributed by atoms with Gasteiger partial charge in [0.25, 0.3) is 0 Å². The van der Waals surface area contributed by atoms with Crippen LogP contribution in [0.15, 0.2) is 23.6 Å². The second-order valence-electron chi connectivity index (χ2n) is 6.79. The third-order valence-electron chi connectivity index (χ3n) is 4.70. The molecule has 24 heavy (non-hydrogen) atoms. The van der Waals surface area contributed by atoms with Crippen molar-refractivity contribution >= 4 is 11.3 Å². The van der Waals surface area contributed by atoms with Crippen LogP contribution in [0.4, 0.5) is 0 Å². The van der Waals surface area contributed by atoms with Crippen LogP contribution >= 0.6 is 11.3 Å². The molecule has 2 heterocycles. The first-order valence-corrected chi connectivity index (χ1v) is 9.66. The molecule has 1 aromatic carbocycles. The summed E-state index contributed by atoms with van der Waals surface area (Å²) in [5.41, 5.74) is 2.35. The van der Waals surface area contributed by atoms with E-state index in [0.717, 1.165) is 42.7 Å². The van der Waals surface area contributed by atoms with Crippen molar-refractivity contribution in [2.75, 3.05) is 13.2 Å². The number of ether oxygens (including phenoxy) is 2. The predicted molar refractivity (Wildman–Crippen MR) is 95.9 cm³/mol. The molecule has 4 rings (SSSR count). The number of fused-ring (bicyclic) bond motifs is 1. The maximum absolute atomic E-state index is 5.83. The van der Waals surface area contributed by atoms with E-state index in [1.54, 1.807) is 11.3 Å². The monoisotopic (exact) mass is 344 g/mol. The first-order valence-electron chi connectivity index (χ1n) is 8.78. The third kappa shape index (κ3) is 3.42. The van der Waals surface area contributed by atoms with Crippen molar-refractivity contribution in [2.45, 2.75) is 45.2 Å². The summed E-state index contributed by atoms with van der Waals surface area (Å²) in [6, 6.07) is 6.90. The Balaban J connectivity index is 1.52. The number of hydrogen-bond donors (Lipinski definition) is 1. The highest BCUT2D eigenvalue weighted by molar-refractivity contribution is 7.09. The quantitative estimate of drug-likeness (QED) is 0.872. The molecular weight excluding hydrogens is 320 g/mol. The van der Waals surface area contributed by atoms with Gasteiger partial charge in [-0.2, -0.15) is 0 Å². The summed E-state index contributed by atoms with van der Waals surface area (Å²) in [6.07, 6.45) is 3.53. The highest BCUT2D eigenvalue weighted by atomic mass is 32.1. The molecular formula is C19H24N2O2S. The van der Waals surface area contributed by atoms with Gasteiger partial charge in [0.2, 0.25) is 0 Å². The van der Waals surface area contributed by atoms with Crippen LogP contribution in [0.2, 0.25) is 0 Å². The molecule has 128 valence electrons. The van der Waals surface area contributed by atoms with Crippen LogP contribution in [0, 0.1) is 12.8 Å². The average Bonchev–Trinajstić information content (AvgIpc) is 3.37. The number of thiazole rings is 1. The second kappa shape index (κ2) is 6.73. The summed E-state index contributed by atoms with van der Waals surface area (Å²) < 4.78 is 11.6. The van der Waals surface area contributed by atoms with E-state index in [9.17, 15) is 0 Å². The van der Waals surface area contributed by atoms with Gasteiger partial charge in [-0.05, 0) is 50.3 Å². The molecule has 0 bridgehead atoms. The molecule has 1 fully saturated rings. The first kappa shape index (κ1) is 15.9. The Labute approximate surface area is 147 Å². The number of benzene rings is 1. The number of aromatic nitrogens is 1. The summed E-state index contributed by atoms with van der Waals surface area (Å²) >= 11 is 1.77. The topological polar surface area (TPSA) is 43.4 Å². The standard InChI is InChI=1S/C19H24N2O2S/c1-12-11-24-19(20-12)18(14-4-5-14)21-13(2)15-6-7-16-17(10-15)23-9-3-8-22-16/h6-7,10-11,13-14,18,21H,3-5,8-9H2,1-2H3/t13-,18+/m0/s1. The lowest BCUT2D eigenvalue weighted by atomic mass is 10.1. The molecule has 1 aromatic heterocycles. The zero-order valence-corrected chi connectivity index (χ0v) is 15.1. The van der Waals surface area contributed by atoms with E-state index in [0.29, 0.717) is 6.04 Å². The SMILES string of the molecule is Cc1csc([C@H](N[C@@H](C)c2ccc3c(c2)OCCCO3)C2CC2)n1. The third-order valence-corrected chi connectivity index (χ3v) is 5.74. The summed E-state index contributed by atoms with van der Waals surface area (Å²) in [4.78, 5) is 4.71. The summed E-state index contributed by atoms with van der Waals surface area (Å²) in [6.45, 7) is 5.74. The molecule has 0 amide bonds. The molecule has 4 nitrogen and oxygen atoms in total. The Morgan fingerprint density at radius 3 is 2.71 bits per heavy atom. The summed E-state index contributed by atoms with van der Waals surface area (Å²) in [5, 5.41) is 7.16. The molecule has 1 N–H and O–H groups in total. The van der Waals surface area contributed by atoms with E-state index >= 15 is 0 Å². The van der Waals surface area contributed by atoms with Crippen molar-refractivity contribution in [3.05, 3.63) is 39.8 Å². The van der Waals surface area contributed by atoms with Crippen LogP contribution in [0.3, 0.4) is 0 Å². The number of nitrogens with one attached hydrogen (secondary N) is 1. The van der Waals surface area contributed by atoms with Crippen molar-refractivity contribution in [1.82, 2.24) is 10.3 Å². The van der Waals surface area contributed by atoms with Crippen molar-refractivity contribution in [2.24, 2.45) is 5.92 Å². The van der Waals surface area contributed by atoms with Crippen LogP contribution < -0.4 is 14.8 Å². The largest absolute Gasteiger partial charge is 0.490 e. The lowest BCUT2D eigenvalue weighted by molar-refractivity contribution is 0.297. The first-order chi connectivity index (χ1) is 11.7. The van der Waals surface area contributed by atoms with E-state index in [1.165, 1.54) is 23.4 Å². The van der Waals surface area contributed by atoms with E-state index in [1.807, 2.05) is 6.07 Å². The Bertz CT molecular complexity index is 711. The highest BCUT2D eigenvalue weighted by Crippen LogP contribution is 2.43. The van der Waals surface area contributed by atoms with Crippen LogP contribution in [-0.4, -0.2) is 18.2 Å². The van der Waals surface area contributed by atoms with Crippen LogP contribution in [0.5, 0.6) is 11.5 Å². The number of aryl methyl sites for hydroxylation is 1. The zero-order valence-electron chi connectivity index (χ0n) is 14.2. The molecule has 2 atom stereocenters. The van der Waals surface area contributed by atoms with Gasteiger partial charge in [0.1, 0.15) is 5.01 Å². The molecule has 0 saturated heterocycles. The van der Waals surface area contributed by atoms with Gasteiger partial charge >= 0.3 is 0 Å². The molecule has 0 radical (unpaired) electrons. The minimum atomic E-state index is 0.247.